The number of aliphatic hydroxyl groups excluding tert-OH is 1. The molecule has 0 radical (unpaired) electrons. The largest absolute Gasteiger partial charge is 0.389 e. The Morgan fingerprint density at radius 3 is 2.50 bits per heavy atom. The lowest BCUT2D eigenvalue weighted by Gasteiger charge is -2.18. The van der Waals surface area contributed by atoms with E-state index < -0.39 is 6.10 Å². The molecule has 18 heavy (non-hydrogen) atoms. The van der Waals surface area contributed by atoms with Crippen molar-refractivity contribution in [2.45, 2.75) is 52.2 Å². The number of ether oxygens (including phenoxy) is 2. The van der Waals surface area contributed by atoms with Crippen LogP contribution in [0.2, 0.25) is 0 Å². The number of aliphatic hydroxyl groups is 1. The van der Waals surface area contributed by atoms with Crippen molar-refractivity contribution in [1.29, 1.82) is 0 Å². The first kappa shape index (κ1) is 17.8. The molecule has 4 heteroatoms. The Labute approximate surface area is 112 Å². The van der Waals surface area contributed by atoms with Gasteiger partial charge in [-0.3, -0.25) is 0 Å². The fourth-order valence-electron chi connectivity index (χ4n) is 1.83. The minimum Gasteiger partial charge on any atom is -0.389 e. The first-order chi connectivity index (χ1) is 8.56. The maximum absolute atomic E-state index is 9.72. The van der Waals surface area contributed by atoms with Crippen LogP contribution in [-0.4, -0.2) is 50.7 Å². The van der Waals surface area contributed by atoms with Gasteiger partial charge < -0.3 is 19.9 Å². The van der Waals surface area contributed by atoms with Crippen molar-refractivity contribution >= 4 is 0 Å². The van der Waals surface area contributed by atoms with Crippen molar-refractivity contribution in [2.75, 3.05) is 33.4 Å². The van der Waals surface area contributed by atoms with Gasteiger partial charge in [-0.2, -0.15) is 0 Å². The molecular weight excluding hydrogens is 230 g/mol. The Morgan fingerprint density at radius 1 is 1.17 bits per heavy atom. The summed E-state index contributed by atoms with van der Waals surface area (Å²) in [5, 5.41) is 12.9. The van der Waals surface area contributed by atoms with Crippen molar-refractivity contribution in [1.82, 2.24) is 5.32 Å². The van der Waals surface area contributed by atoms with Gasteiger partial charge in [0.2, 0.25) is 0 Å². The SMILES string of the molecule is COCCCCNCC(O)COC(C)CC(C)C. The molecule has 0 aliphatic heterocycles. The van der Waals surface area contributed by atoms with Crippen LogP contribution in [0.1, 0.15) is 40.0 Å². The minimum atomic E-state index is -0.415. The number of hydrogen-bond acceptors (Lipinski definition) is 4. The second-order valence-electron chi connectivity index (χ2n) is 5.33. The van der Waals surface area contributed by atoms with E-state index in [4.69, 9.17) is 9.47 Å². The normalized spacial score (nSPS) is 15.0. The Hall–Kier alpha value is -0.160. The Balaban J connectivity index is 3.34. The molecule has 0 aromatic rings. The van der Waals surface area contributed by atoms with Crippen LogP contribution < -0.4 is 5.32 Å². The van der Waals surface area contributed by atoms with Gasteiger partial charge in [-0.25, -0.2) is 0 Å². The van der Waals surface area contributed by atoms with Gasteiger partial charge in [-0.1, -0.05) is 13.8 Å². The Morgan fingerprint density at radius 2 is 1.89 bits per heavy atom. The summed E-state index contributed by atoms with van der Waals surface area (Å²) < 4.78 is 10.6. The van der Waals surface area contributed by atoms with E-state index in [1.807, 2.05) is 0 Å². The monoisotopic (exact) mass is 261 g/mol. The maximum Gasteiger partial charge on any atom is 0.0897 e. The van der Waals surface area contributed by atoms with E-state index in [0.717, 1.165) is 32.4 Å². The summed E-state index contributed by atoms with van der Waals surface area (Å²) >= 11 is 0. The summed E-state index contributed by atoms with van der Waals surface area (Å²) in [5.74, 6) is 0.635. The van der Waals surface area contributed by atoms with Gasteiger partial charge >= 0.3 is 0 Å². The van der Waals surface area contributed by atoms with Crippen LogP contribution in [0, 0.1) is 5.92 Å². The van der Waals surface area contributed by atoms with E-state index in [1.54, 1.807) is 7.11 Å². The van der Waals surface area contributed by atoms with Gasteiger partial charge in [-0.15, -0.1) is 0 Å². The van der Waals surface area contributed by atoms with E-state index >= 15 is 0 Å². The maximum atomic E-state index is 9.72. The fourth-order valence-corrected chi connectivity index (χ4v) is 1.83. The van der Waals surface area contributed by atoms with Gasteiger partial charge in [-0.05, 0) is 38.6 Å². The summed E-state index contributed by atoms with van der Waals surface area (Å²) in [6.45, 7) is 9.16. The van der Waals surface area contributed by atoms with E-state index in [0.29, 0.717) is 19.1 Å². The third-order valence-corrected chi connectivity index (χ3v) is 2.71. The molecule has 0 saturated heterocycles. The highest BCUT2D eigenvalue weighted by Gasteiger charge is 2.09. The molecule has 0 aromatic carbocycles. The summed E-state index contributed by atoms with van der Waals surface area (Å²) in [7, 11) is 1.72. The lowest BCUT2D eigenvalue weighted by molar-refractivity contribution is -0.00846. The standard InChI is InChI=1S/C14H31NO3/c1-12(2)9-13(3)18-11-14(16)10-15-7-5-6-8-17-4/h12-16H,5-11H2,1-4H3. The average Bonchev–Trinajstić information content (AvgIpc) is 2.30. The van der Waals surface area contributed by atoms with Crippen molar-refractivity contribution in [2.24, 2.45) is 5.92 Å². The van der Waals surface area contributed by atoms with Crippen LogP contribution in [0.4, 0.5) is 0 Å². The second kappa shape index (κ2) is 11.9. The van der Waals surface area contributed by atoms with Gasteiger partial charge in [0.1, 0.15) is 0 Å². The average molecular weight is 261 g/mol. The summed E-state index contributed by atoms with van der Waals surface area (Å²) in [5.41, 5.74) is 0. The third kappa shape index (κ3) is 12.3. The number of methoxy groups -OCH3 is 1. The second-order valence-corrected chi connectivity index (χ2v) is 5.33. The Kier molecular flexibility index (Phi) is 11.8. The highest BCUT2D eigenvalue weighted by molar-refractivity contribution is 4.61. The number of rotatable bonds is 12. The van der Waals surface area contributed by atoms with Crippen molar-refractivity contribution in [3.05, 3.63) is 0 Å². The van der Waals surface area contributed by atoms with E-state index in [9.17, 15) is 5.11 Å². The molecule has 0 spiro atoms. The molecule has 110 valence electrons. The van der Waals surface area contributed by atoms with Crippen LogP contribution in [0.15, 0.2) is 0 Å². The molecule has 0 rings (SSSR count). The molecule has 2 atom stereocenters. The molecule has 0 bridgehead atoms. The zero-order valence-electron chi connectivity index (χ0n) is 12.4. The molecule has 0 saturated carbocycles. The molecule has 4 nitrogen and oxygen atoms in total. The van der Waals surface area contributed by atoms with E-state index in [1.165, 1.54) is 0 Å². The highest BCUT2D eigenvalue weighted by Crippen LogP contribution is 2.07. The fraction of sp³-hybridized carbons (Fsp3) is 1.00. The highest BCUT2D eigenvalue weighted by atomic mass is 16.5. The van der Waals surface area contributed by atoms with Gasteiger partial charge in [0.25, 0.3) is 0 Å². The van der Waals surface area contributed by atoms with E-state index in [-0.39, 0.29) is 6.10 Å². The minimum absolute atomic E-state index is 0.223. The molecule has 0 aromatic heterocycles. The van der Waals surface area contributed by atoms with Crippen molar-refractivity contribution in [3.8, 4) is 0 Å². The van der Waals surface area contributed by atoms with Gasteiger partial charge in [0.05, 0.1) is 18.8 Å². The molecular formula is C14H31NO3. The van der Waals surface area contributed by atoms with Crippen LogP contribution in [0.25, 0.3) is 0 Å². The molecule has 2 unspecified atom stereocenters. The topological polar surface area (TPSA) is 50.7 Å². The molecule has 0 fully saturated rings. The lowest BCUT2D eigenvalue weighted by atomic mass is 10.1. The molecule has 0 amide bonds. The van der Waals surface area contributed by atoms with Crippen molar-refractivity contribution < 1.29 is 14.6 Å². The summed E-state index contributed by atoms with van der Waals surface area (Å²) in [6, 6.07) is 0. The van der Waals surface area contributed by atoms with Crippen molar-refractivity contribution in [3.63, 3.8) is 0 Å². The summed E-state index contributed by atoms with van der Waals surface area (Å²) in [4.78, 5) is 0. The quantitative estimate of drug-likeness (QED) is 0.526. The first-order valence-electron chi connectivity index (χ1n) is 7.05. The Bertz CT molecular complexity index is 176. The zero-order valence-corrected chi connectivity index (χ0v) is 12.4. The summed E-state index contributed by atoms with van der Waals surface area (Å²) in [6.07, 6.45) is 2.98. The number of unbranched alkanes of at least 4 members (excludes halogenated alkanes) is 1. The lowest BCUT2D eigenvalue weighted by Crippen LogP contribution is -2.32. The van der Waals surface area contributed by atoms with Gasteiger partial charge in [0, 0.05) is 20.3 Å². The predicted molar refractivity (Wildman–Crippen MR) is 74.9 cm³/mol. The first-order valence-corrected chi connectivity index (χ1v) is 7.05. The number of hydrogen-bond donors (Lipinski definition) is 2. The van der Waals surface area contributed by atoms with Gasteiger partial charge in [0.15, 0.2) is 0 Å². The van der Waals surface area contributed by atoms with Crippen LogP contribution in [0.5, 0.6) is 0 Å². The predicted octanol–water partition coefficient (Wildman–Crippen LogP) is 1.81. The van der Waals surface area contributed by atoms with E-state index in [2.05, 4.69) is 26.1 Å². The number of nitrogens with one attached hydrogen (secondary N) is 1. The zero-order chi connectivity index (χ0) is 13.8. The van der Waals surface area contributed by atoms with Crippen LogP contribution in [0.3, 0.4) is 0 Å². The smallest absolute Gasteiger partial charge is 0.0897 e. The molecule has 2 N–H and O–H groups in total. The molecule has 0 heterocycles. The molecule has 0 aliphatic rings. The van der Waals surface area contributed by atoms with Crippen LogP contribution in [-0.2, 0) is 9.47 Å². The third-order valence-electron chi connectivity index (χ3n) is 2.71. The molecule has 0 aliphatic carbocycles. The van der Waals surface area contributed by atoms with Crippen LogP contribution >= 0.6 is 0 Å².